The van der Waals surface area contributed by atoms with Gasteiger partial charge in [0.25, 0.3) is 0 Å². The number of amides is 1. The van der Waals surface area contributed by atoms with E-state index < -0.39 is 24.4 Å². The largest absolute Gasteiger partial charge is 0.388 e. The number of carbonyl (C=O) groups excluding carboxylic acids is 1. The molecule has 2 heterocycles. The lowest BCUT2D eigenvalue weighted by molar-refractivity contribution is -0.131. The van der Waals surface area contributed by atoms with Gasteiger partial charge in [-0.1, -0.05) is 0 Å². The Balaban J connectivity index is 2.29. The lowest BCUT2D eigenvalue weighted by Crippen LogP contribution is -2.49. The molecule has 1 fully saturated rings. The van der Waals surface area contributed by atoms with E-state index in [0.717, 1.165) is 0 Å². The third-order valence-electron chi connectivity index (χ3n) is 2.56. The van der Waals surface area contributed by atoms with E-state index in [-0.39, 0.29) is 12.5 Å². The SMILES string of the molecule is O=C1C=C[C@@H](O)[C@@H]2[C@H](O)[C@H](O)CN12. The first-order valence-corrected chi connectivity index (χ1v) is 4.14. The van der Waals surface area contributed by atoms with E-state index in [1.165, 1.54) is 17.1 Å². The van der Waals surface area contributed by atoms with Crippen LogP contribution in [0.3, 0.4) is 0 Å². The van der Waals surface area contributed by atoms with E-state index in [0.29, 0.717) is 0 Å². The van der Waals surface area contributed by atoms with Crippen molar-refractivity contribution in [3.8, 4) is 0 Å². The monoisotopic (exact) mass is 185 g/mol. The fourth-order valence-corrected chi connectivity index (χ4v) is 1.86. The highest BCUT2D eigenvalue weighted by Crippen LogP contribution is 2.25. The van der Waals surface area contributed by atoms with Crippen LogP contribution in [0.2, 0.25) is 0 Å². The summed E-state index contributed by atoms with van der Waals surface area (Å²) in [4.78, 5) is 12.5. The molecule has 0 aromatic rings. The second kappa shape index (κ2) is 2.80. The average molecular weight is 185 g/mol. The Hall–Kier alpha value is -0.910. The number of hydrogen-bond acceptors (Lipinski definition) is 4. The number of hydrogen-bond donors (Lipinski definition) is 3. The molecule has 0 radical (unpaired) electrons. The van der Waals surface area contributed by atoms with E-state index in [1.54, 1.807) is 0 Å². The number of carbonyl (C=O) groups is 1. The highest BCUT2D eigenvalue weighted by atomic mass is 16.3. The Morgan fingerprint density at radius 3 is 2.69 bits per heavy atom. The molecule has 1 saturated heterocycles. The summed E-state index contributed by atoms with van der Waals surface area (Å²) < 4.78 is 0. The van der Waals surface area contributed by atoms with E-state index >= 15 is 0 Å². The molecule has 5 nitrogen and oxygen atoms in total. The molecule has 0 saturated carbocycles. The van der Waals surface area contributed by atoms with Gasteiger partial charge in [0.2, 0.25) is 5.91 Å². The molecule has 0 unspecified atom stereocenters. The van der Waals surface area contributed by atoms with E-state index in [2.05, 4.69) is 0 Å². The summed E-state index contributed by atoms with van der Waals surface area (Å²) >= 11 is 0. The van der Waals surface area contributed by atoms with E-state index in [9.17, 15) is 20.1 Å². The zero-order valence-electron chi connectivity index (χ0n) is 6.87. The molecule has 0 spiro atoms. The van der Waals surface area contributed by atoms with Crippen molar-refractivity contribution in [2.45, 2.75) is 24.4 Å². The Kier molecular flexibility index (Phi) is 1.87. The van der Waals surface area contributed by atoms with Crippen LogP contribution in [0.25, 0.3) is 0 Å². The number of aliphatic hydroxyl groups is 3. The van der Waals surface area contributed by atoms with Gasteiger partial charge in [-0.05, 0) is 6.08 Å². The van der Waals surface area contributed by atoms with Gasteiger partial charge in [-0.25, -0.2) is 0 Å². The minimum Gasteiger partial charge on any atom is -0.388 e. The highest BCUT2D eigenvalue weighted by Gasteiger charge is 2.46. The van der Waals surface area contributed by atoms with Crippen LogP contribution in [-0.4, -0.2) is 57.0 Å². The molecule has 2 aliphatic heterocycles. The third kappa shape index (κ3) is 1.16. The van der Waals surface area contributed by atoms with Gasteiger partial charge in [0.05, 0.1) is 24.8 Å². The summed E-state index contributed by atoms with van der Waals surface area (Å²) in [5.74, 6) is -0.272. The minimum absolute atomic E-state index is 0.0894. The molecular formula is C8H11NO4. The van der Waals surface area contributed by atoms with E-state index in [1.807, 2.05) is 0 Å². The molecule has 2 aliphatic rings. The van der Waals surface area contributed by atoms with Gasteiger partial charge in [-0.2, -0.15) is 0 Å². The van der Waals surface area contributed by atoms with Crippen molar-refractivity contribution in [3.05, 3.63) is 12.2 Å². The van der Waals surface area contributed by atoms with Crippen LogP contribution in [0.1, 0.15) is 0 Å². The fraction of sp³-hybridized carbons (Fsp3) is 0.625. The lowest BCUT2D eigenvalue weighted by atomic mass is 10.0. The van der Waals surface area contributed by atoms with Gasteiger partial charge >= 0.3 is 0 Å². The molecule has 5 heteroatoms. The average Bonchev–Trinajstić information content (AvgIpc) is 2.38. The number of fused-ring (bicyclic) bond motifs is 1. The zero-order chi connectivity index (χ0) is 9.59. The smallest absolute Gasteiger partial charge is 0.246 e. The Bertz CT molecular complexity index is 265. The first-order chi connectivity index (χ1) is 6.11. The van der Waals surface area contributed by atoms with Crippen LogP contribution >= 0.6 is 0 Å². The maximum atomic E-state index is 11.2. The predicted molar refractivity (Wildman–Crippen MR) is 42.7 cm³/mol. The third-order valence-corrected chi connectivity index (χ3v) is 2.56. The second-order valence-electron chi connectivity index (χ2n) is 3.39. The van der Waals surface area contributed by atoms with Crippen LogP contribution in [0.5, 0.6) is 0 Å². The first kappa shape index (κ1) is 8.68. The number of aliphatic hydroxyl groups excluding tert-OH is 3. The molecule has 2 rings (SSSR count). The maximum Gasteiger partial charge on any atom is 0.246 e. The second-order valence-corrected chi connectivity index (χ2v) is 3.39. The number of nitrogens with zero attached hydrogens (tertiary/aromatic N) is 1. The van der Waals surface area contributed by atoms with Crippen LogP contribution in [0.15, 0.2) is 12.2 Å². The molecule has 4 atom stereocenters. The van der Waals surface area contributed by atoms with Crippen LogP contribution in [0, 0.1) is 0 Å². The maximum absolute atomic E-state index is 11.2. The normalized spacial score (nSPS) is 43.9. The van der Waals surface area contributed by atoms with Gasteiger partial charge in [0.15, 0.2) is 0 Å². The standard InChI is InChI=1S/C8H11NO4/c10-4-1-2-6(12)9-3-5(11)8(13)7(4)9/h1-2,4-5,7-8,10-11,13H,3H2/t4-,5-,7-,8-/m1/s1. The Labute approximate surface area is 74.9 Å². The molecule has 72 valence electrons. The van der Waals surface area contributed by atoms with Gasteiger partial charge in [-0.15, -0.1) is 0 Å². The van der Waals surface area contributed by atoms with Gasteiger partial charge in [0, 0.05) is 6.08 Å². The quantitative estimate of drug-likeness (QED) is 0.402. The van der Waals surface area contributed by atoms with Crippen molar-refractivity contribution >= 4 is 5.91 Å². The summed E-state index contributed by atoms with van der Waals surface area (Å²) in [6.07, 6.45) is -0.298. The summed E-state index contributed by atoms with van der Waals surface area (Å²) in [6, 6.07) is -0.688. The van der Waals surface area contributed by atoms with Crippen molar-refractivity contribution in [1.29, 1.82) is 0 Å². The van der Waals surface area contributed by atoms with Gasteiger partial charge in [-0.3, -0.25) is 4.79 Å². The molecule has 0 aromatic carbocycles. The van der Waals surface area contributed by atoms with Crippen molar-refractivity contribution in [3.63, 3.8) is 0 Å². The lowest BCUT2D eigenvalue weighted by Gasteiger charge is -2.30. The molecule has 0 aliphatic carbocycles. The Morgan fingerprint density at radius 1 is 1.38 bits per heavy atom. The Morgan fingerprint density at radius 2 is 2.08 bits per heavy atom. The fourth-order valence-electron chi connectivity index (χ4n) is 1.86. The summed E-state index contributed by atoms with van der Waals surface area (Å²) in [5, 5.41) is 28.2. The molecular weight excluding hydrogens is 174 g/mol. The van der Waals surface area contributed by atoms with Gasteiger partial charge < -0.3 is 20.2 Å². The molecule has 1 amide bonds. The zero-order valence-corrected chi connectivity index (χ0v) is 6.87. The number of rotatable bonds is 0. The van der Waals surface area contributed by atoms with Gasteiger partial charge in [0.1, 0.15) is 6.10 Å². The molecule has 0 aromatic heterocycles. The van der Waals surface area contributed by atoms with Crippen molar-refractivity contribution < 1.29 is 20.1 Å². The topological polar surface area (TPSA) is 81.0 Å². The van der Waals surface area contributed by atoms with Crippen molar-refractivity contribution in [1.82, 2.24) is 4.90 Å². The van der Waals surface area contributed by atoms with Crippen molar-refractivity contribution in [2.24, 2.45) is 0 Å². The minimum atomic E-state index is -1.05. The summed E-state index contributed by atoms with van der Waals surface area (Å²) in [6.45, 7) is 0.0894. The predicted octanol–water partition coefficient (Wildman–Crippen LogP) is -2.15. The molecule has 0 bridgehead atoms. The molecule has 13 heavy (non-hydrogen) atoms. The van der Waals surface area contributed by atoms with Crippen LogP contribution in [0.4, 0.5) is 0 Å². The van der Waals surface area contributed by atoms with E-state index in [4.69, 9.17) is 0 Å². The first-order valence-electron chi connectivity index (χ1n) is 4.14. The summed E-state index contributed by atoms with van der Waals surface area (Å²) in [5.41, 5.74) is 0. The van der Waals surface area contributed by atoms with Crippen LogP contribution < -0.4 is 0 Å². The molecule has 3 N–H and O–H groups in total. The van der Waals surface area contributed by atoms with Crippen molar-refractivity contribution in [2.75, 3.05) is 6.54 Å². The summed E-state index contributed by atoms with van der Waals surface area (Å²) in [7, 11) is 0. The van der Waals surface area contributed by atoms with Crippen LogP contribution in [-0.2, 0) is 4.79 Å². The highest BCUT2D eigenvalue weighted by molar-refractivity contribution is 5.89.